The summed E-state index contributed by atoms with van der Waals surface area (Å²) in [6.07, 6.45) is 1.64. The highest BCUT2D eigenvalue weighted by Gasteiger charge is 2.34. The van der Waals surface area contributed by atoms with Crippen molar-refractivity contribution >= 4 is 40.4 Å². The minimum atomic E-state index is -0.867. The Hall–Kier alpha value is -5.10. The quantitative estimate of drug-likeness (QED) is 0.191. The molecular weight excluding hydrogens is 536 g/mol. The molecule has 0 saturated heterocycles. The Morgan fingerprint density at radius 3 is 2.65 bits per heavy atom. The lowest BCUT2D eigenvalue weighted by atomic mass is 10.1. The van der Waals surface area contributed by atoms with Crippen LogP contribution in [0, 0.1) is 0 Å². The zero-order chi connectivity index (χ0) is 27.6. The molecule has 200 valence electrons. The third kappa shape index (κ3) is 4.76. The molecule has 0 aliphatic carbocycles. The van der Waals surface area contributed by atoms with E-state index in [1.165, 1.54) is 12.0 Å². The van der Waals surface area contributed by atoms with Crippen LogP contribution in [-0.4, -0.2) is 41.8 Å². The third-order valence-corrected chi connectivity index (χ3v) is 7.01. The zero-order valence-electron chi connectivity index (χ0n) is 21.0. The van der Waals surface area contributed by atoms with Crippen LogP contribution in [-0.2, 0) is 4.79 Å². The molecule has 3 aromatic carbocycles. The molecule has 0 N–H and O–H groups in total. The highest BCUT2D eigenvalue weighted by atomic mass is 32.2. The third-order valence-electron chi connectivity index (χ3n) is 6.07. The molecule has 0 unspecified atom stereocenters. The van der Waals surface area contributed by atoms with Gasteiger partial charge in [0.05, 0.1) is 23.8 Å². The Bertz CT molecular complexity index is 1670. The van der Waals surface area contributed by atoms with Gasteiger partial charge in [-0.3, -0.25) is 14.5 Å². The number of amides is 1. The molecule has 40 heavy (non-hydrogen) atoms. The second-order valence-corrected chi connectivity index (χ2v) is 9.49. The topological polar surface area (TPSA) is 130 Å². The molecule has 0 radical (unpaired) electrons. The monoisotopic (exact) mass is 556 g/mol. The number of amidine groups is 1. The van der Waals surface area contributed by atoms with Crippen LogP contribution >= 0.6 is 11.8 Å². The first-order chi connectivity index (χ1) is 19.5. The van der Waals surface area contributed by atoms with Crippen molar-refractivity contribution in [3.63, 3.8) is 0 Å². The number of hydrogen-bond donors (Lipinski definition) is 0. The number of Topliss-reactive ketones (excluding diaryl/α,β-unsaturated/α-hetero) is 1. The lowest BCUT2D eigenvalue weighted by Crippen LogP contribution is -2.39. The smallest absolute Gasteiger partial charge is 0.307 e. The van der Waals surface area contributed by atoms with Gasteiger partial charge >= 0.3 is 5.69 Å². The number of ketones is 1. The number of fused-ring (bicyclic) bond motifs is 1. The maximum absolute atomic E-state index is 13.5. The number of para-hydroxylation sites is 1. The van der Waals surface area contributed by atoms with Crippen molar-refractivity contribution < 1.29 is 38.1 Å². The van der Waals surface area contributed by atoms with E-state index in [1.54, 1.807) is 72.8 Å². The largest absolute Gasteiger partial charge is 0.539 e. The predicted octanol–water partition coefficient (Wildman–Crippen LogP) is 3.12. The molecule has 6 rings (SSSR count). The number of aliphatic imine (C=N–C) groups is 1. The number of carbonyl (C=O) groups excluding carboxylic acids is 2. The number of thioether (sulfide) groups is 1. The molecule has 0 atom stereocenters. The molecule has 4 aromatic rings. The van der Waals surface area contributed by atoms with Gasteiger partial charge in [-0.2, -0.15) is 0 Å². The fraction of sp³-hybridized carbons (Fsp3) is 0.107. The van der Waals surface area contributed by atoms with Gasteiger partial charge < -0.3 is 23.8 Å². The first kappa shape index (κ1) is 25.2. The maximum Gasteiger partial charge on any atom is 0.307 e. The standard InChI is InChI=1S/C28H20N4O7S/c1-36-20-10-8-19(9-11-20)32-25(27(35)39-30-32)22(33)15-40-28-29-21(26(34)31(28)18-5-3-2-4-6-18)13-17-7-12-23-24(14-17)38-16-37-23/h2-14H,15-16H2,1H3/b21-13+. The van der Waals surface area contributed by atoms with Crippen LogP contribution in [0.15, 0.2) is 88.0 Å². The highest BCUT2D eigenvalue weighted by Crippen LogP contribution is 2.34. The van der Waals surface area contributed by atoms with Gasteiger partial charge in [0.2, 0.25) is 18.3 Å². The Kier molecular flexibility index (Phi) is 6.66. The first-order valence-electron chi connectivity index (χ1n) is 12.0. The van der Waals surface area contributed by atoms with Crippen LogP contribution in [0.1, 0.15) is 16.1 Å². The van der Waals surface area contributed by atoms with Crippen LogP contribution in [0.2, 0.25) is 0 Å². The van der Waals surface area contributed by atoms with E-state index in [1.807, 2.05) is 6.07 Å². The number of rotatable bonds is 7. The summed E-state index contributed by atoms with van der Waals surface area (Å²) >= 11 is 1.03. The van der Waals surface area contributed by atoms with Gasteiger partial charge in [0.25, 0.3) is 5.91 Å². The number of anilines is 1. The van der Waals surface area contributed by atoms with Crippen molar-refractivity contribution in [2.75, 3.05) is 24.6 Å². The molecule has 11 nitrogen and oxygen atoms in total. The molecular formula is C28H20N4O7S. The minimum absolute atomic E-state index is 0.138. The number of benzene rings is 3. The van der Waals surface area contributed by atoms with Gasteiger partial charge in [0, 0.05) is 12.1 Å². The van der Waals surface area contributed by atoms with Crippen LogP contribution in [0.4, 0.5) is 5.69 Å². The lowest BCUT2D eigenvalue weighted by molar-refractivity contribution is -0.672. The van der Waals surface area contributed by atoms with Crippen molar-refractivity contribution in [1.82, 2.24) is 5.27 Å². The molecule has 3 heterocycles. The van der Waals surface area contributed by atoms with Crippen LogP contribution < -0.4 is 28.9 Å². The fourth-order valence-corrected chi connectivity index (χ4v) is 5.01. The molecule has 1 aromatic heterocycles. The number of ether oxygens (including phenoxy) is 3. The lowest BCUT2D eigenvalue weighted by Gasteiger charge is -2.17. The average Bonchev–Trinajstić information content (AvgIpc) is 3.69. The van der Waals surface area contributed by atoms with E-state index in [4.69, 9.17) is 18.7 Å². The Morgan fingerprint density at radius 2 is 1.88 bits per heavy atom. The summed E-state index contributed by atoms with van der Waals surface area (Å²) in [4.78, 5) is 32.7. The zero-order valence-corrected chi connectivity index (χ0v) is 21.8. The summed E-state index contributed by atoms with van der Waals surface area (Å²) in [6.45, 7) is 0.138. The summed E-state index contributed by atoms with van der Waals surface area (Å²) in [5.74, 6) is -0.148. The predicted molar refractivity (Wildman–Crippen MR) is 143 cm³/mol. The molecule has 0 saturated carbocycles. The number of hydrogen-bond acceptors (Lipinski definition) is 10. The maximum atomic E-state index is 13.5. The highest BCUT2D eigenvalue weighted by molar-refractivity contribution is 8.14. The molecule has 2 aliphatic heterocycles. The minimum Gasteiger partial charge on any atom is -0.539 e. The van der Waals surface area contributed by atoms with Crippen molar-refractivity contribution in [1.29, 1.82) is 0 Å². The number of carbonyl (C=O) groups is 2. The van der Waals surface area contributed by atoms with E-state index in [0.717, 1.165) is 16.4 Å². The summed E-state index contributed by atoms with van der Waals surface area (Å²) in [7, 11) is 1.53. The van der Waals surface area contributed by atoms with E-state index in [2.05, 4.69) is 10.3 Å². The second-order valence-electron chi connectivity index (χ2n) is 8.54. The van der Waals surface area contributed by atoms with Crippen molar-refractivity contribution in [3.8, 4) is 28.9 Å². The van der Waals surface area contributed by atoms with Crippen molar-refractivity contribution in [3.05, 3.63) is 89.8 Å². The van der Waals surface area contributed by atoms with Crippen LogP contribution in [0.3, 0.4) is 0 Å². The number of aromatic nitrogens is 2. The molecule has 2 aliphatic rings. The van der Waals surface area contributed by atoms with Gasteiger partial charge in [-0.05, 0) is 52.7 Å². The van der Waals surface area contributed by atoms with Gasteiger partial charge in [0.1, 0.15) is 11.4 Å². The summed E-state index contributed by atoms with van der Waals surface area (Å²) in [5.41, 5.74) is 1.68. The molecule has 0 fully saturated rings. The Morgan fingerprint density at radius 1 is 1.10 bits per heavy atom. The van der Waals surface area contributed by atoms with E-state index < -0.39 is 11.7 Å². The number of methoxy groups -OCH3 is 1. The average molecular weight is 557 g/mol. The van der Waals surface area contributed by atoms with Crippen molar-refractivity contribution in [2.45, 2.75) is 0 Å². The van der Waals surface area contributed by atoms with E-state index in [-0.39, 0.29) is 35.0 Å². The molecule has 1 amide bonds. The molecule has 0 bridgehead atoms. The molecule has 12 heteroatoms. The van der Waals surface area contributed by atoms with Crippen LogP contribution in [0.5, 0.6) is 23.2 Å². The van der Waals surface area contributed by atoms with E-state index in [9.17, 15) is 14.7 Å². The second kappa shape index (κ2) is 10.6. The van der Waals surface area contributed by atoms with E-state index >= 15 is 0 Å². The fourth-order valence-electron chi connectivity index (χ4n) is 4.14. The first-order valence-corrected chi connectivity index (χ1v) is 13.0. The summed E-state index contributed by atoms with van der Waals surface area (Å²) < 4.78 is 21.9. The van der Waals surface area contributed by atoms with Crippen molar-refractivity contribution in [2.24, 2.45) is 4.99 Å². The SMILES string of the molecule is COc1ccc(-[n+]2noc([O-])c2C(=O)CSC2=N/C(=C/c3ccc4c(c3)OCO4)C(=O)N2c2ccccc2)cc1. The van der Waals surface area contributed by atoms with Gasteiger partial charge in [0.15, 0.2) is 22.6 Å². The normalized spacial score (nSPS) is 15.0. The summed E-state index contributed by atoms with van der Waals surface area (Å²) in [6, 6.07) is 20.9. The number of nitrogens with zero attached hydrogens (tertiary/aromatic N) is 4. The van der Waals surface area contributed by atoms with Gasteiger partial charge in [-0.25, -0.2) is 4.99 Å². The molecule has 0 spiro atoms. The Labute approximate surface area is 231 Å². The summed E-state index contributed by atoms with van der Waals surface area (Å²) in [5, 5.41) is 16.4. The van der Waals surface area contributed by atoms with Crippen LogP contribution in [0.25, 0.3) is 11.8 Å². The Balaban J connectivity index is 1.28. The van der Waals surface area contributed by atoms with E-state index in [0.29, 0.717) is 34.2 Å². The van der Waals surface area contributed by atoms with Gasteiger partial charge in [-0.15, -0.1) is 0 Å². The van der Waals surface area contributed by atoms with Gasteiger partial charge in [-0.1, -0.05) is 36.0 Å².